The standard InChI is InChI=1S/C12H16BrN3O2/c1-14-11(17)7-16(2)8-12(18)15-10-6-4-3-5-9(10)13/h3-6H,7-8H2,1-2H3,(H,14,17)(H,15,18). The smallest absolute Gasteiger partial charge is 0.238 e. The third kappa shape index (κ3) is 4.85. The summed E-state index contributed by atoms with van der Waals surface area (Å²) in [6.07, 6.45) is 0. The lowest BCUT2D eigenvalue weighted by atomic mass is 10.3. The maximum absolute atomic E-state index is 11.7. The molecule has 18 heavy (non-hydrogen) atoms. The van der Waals surface area contributed by atoms with E-state index in [0.29, 0.717) is 0 Å². The first-order valence-electron chi connectivity index (χ1n) is 5.46. The average molecular weight is 314 g/mol. The number of hydrogen-bond donors (Lipinski definition) is 2. The van der Waals surface area contributed by atoms with Crippen molar-refractivity contribution < 1.29 is 9.59 Å². The summed E-state index contributed by atoms with van der Waals surface area (Å²) in [4.78, 5) is 24.5. The summed E-state index contributed by atoms with van der Waals surface area (Å²) in [5.41, 5.74) is 0.718. The summed E-state index contributed by atoms with van der Waals surface area (Å²) in [6, 6.07) is 7.37. The first-order chi connectivity index (χ1) is 8.52. The molecule has 1 aromatic rings. The topological polar surface area (TPSA) is 61.4 Å². The second-order valence-corrected chi connectivity index (χ2v) is 4.73. The molecule has 0 atom stereocenters. The molecule has 5 nitrogen and oxygen atoms in total. The van der Waals surface area contributed by atoms with E-state index in [-0.39, 0.29) is 24.9 Å². The first kappa shape index (κ1) is 14.7. The quantitative estimate of drug-likeness (QED) is 0.854. The molecule has 0 aromatic heterocycles. The molecule has 0 fully saturated rings. The summed E-state index contributed by atoms with van der Waals surface area (Å²) >= 11 is 3.35. The molecule has 0 spiro atoms. The maximum Gasteiger partial charge on any atom is 0.238 e. The van der Waals surface area contributed by atoms with E-state index in [1.807, 2.05) is 18.2 Å². The van der Waals surface area contributed by atoms with Crippen molar-refractivity contribution in [3.05, 3.63) is 28.7 Å². The third-order valence-corrected chi connectivity index (χ3v) is 2.95. The van der Waals surface area contributed by atoms with Gasteiger partial charge in [-0.25, -0.2) is 0 Å². The summed E-state index contributed by atoms with van der Waals surface area (Å²) < 4.78 is 0.826. The number of likely N-dealkylation sites (N-methyl/N-ethyl adjacent to an activating group) is 2. The lowest BCUT2D eigenvalue weighted by Crippen LogP contribution is -2.37. The fourth-order valence-electron chi connectivity index (χ4n) is 1.38. The first-order valence-corrected chi connectivity index (χ1v) is 6.25. The Bertz CT molecular complexity index is 437. The molecule has 0 aliphatic carbocycles. The van der Waals surface area contributed by atoms with Gasteiger partial charge in [-0.2, -0.15) is 0 Å². The van der Waals surface area contributed by atoms with Gasteiger partial charge in [-0.05, 0) is 35.1 Å². The minimum absolute atomic E-state index is 0.119. The van der Waals surface area contributed by atoms with E-state index >= 15 is 0 Å². The van der Waals surface area contributed by atoms with Crippen LogP contribution in [-0.2, 0) is 9.59 Å². The second-order valence-electron chi connectivity index (χ2n) is 3.87. The van der Waals surface area contributed by atoms with E-state index in [1.165, 1.54) is 0 Å². The lowest BCUT2D eigenvalue weighted by Gasteiger charge is -2.15. The molecule has 98 valence electrons. The maximum atomic E-state index is 11.7. The molecule has 1 aromatic carbocycles. The summed E-state index contributed by atoms with van der Waals surface area (Å²) in [6.45, 7) is 0.356. The number of halogens is 1. The Kier molecular flexibility index (Phi) is 5.80. The largest absolute Gasteiger partial charge is 0.358 e. The van der Waals surface area contributed by atoms with Gasteiger partial charge in [0.2, 0.25) is 11.8 Å². The van der Waals surface area contributed by atoms with Crippen LogP contribution in [0.2, 0.25) is 0 Å². The Labute approximate surface area is 115 Å². The van der Waals surface area contributed by atoms with Gasteiger partial charge in [0.1, 0.15) is 0 Å². The van der Waals surface area contributed by atoms with Crippen LogP contribution in [0, 0.1) is 0 Å². The number of rotatable bonds is 5. The molecule has 0 aliphatic heterocycles. The molecule has 0 unspecified atom stereocenters. The molecule has 0 heterocycles. The second kappa shape index (κ2) is 7.13. The predicted octanol–water partition coefficient (Wildman–Crippen LogP) is 1.07. The van der Waals surface area contributed by atoms with Gasteiger partial charge < -0.3 is 10.6 Å². The van der Waals surface area contributed by atoms with Gasteiger partial charge in [-0.15, -0.1) is 0 Å². The number of carbonyl (C=O) groups is 2. The van der Waals surface area contributed by atoms with Crippen molar-refractivity contribution in [3.63, 3.8) is 0 Å². The van der Waals surface area contributed by atoms with Crippen LogP contribution in [0.1, 0.15) is 0 Å². The molecule has 2 amide bonds. The monoisotopic (exact) mass is 313 g/mol. The van der Waals surface area contributed by atoms with E-state index in [2.05, 4.69) is 26.6 Å². The Hall–Kier alpha value is -1.40. The summed E-state index contributed by atoms with van der Waals surface area (Å²) in [5.74, 6) is -0.278. The van der Waals surface area contributed by atoms with Crippen LogP contribution in [0.4, 0.5) is 5.69 Å². The molecule has 0 bridgehead atoms. The van der Waals surface area contributed by atoms with Crippen LogP contribution in [-0.4, -0.2) is 43.9 Å². The van der Waals surface area contributed by atoms with Crippen molar-refractivity contribution >= 4 is 33.4 Å². The molecule has 0 radical (unpaired) electrons. The highest BCUT2D eigenvalue weighted by atomic mass is 79.9. The van der Waals surface area contributed by atoms with E-state index in [4.69, 9.17) is 0 Å². The van der Waals surface area contributed by atoms with Crippen molar-refractivity contribution in [1.82, 2.24) is 10.2 Å². The van der Waals surface area contributed by atoms with Crippen molar-refractivity contribution in [2.24, 2.45) is 0 Å². The van der Waals surface area contributed by atoms with Crippen LogP contribution >= 0.6 is 15.9 Å². The average Bonchev–Trinajstić information content (AvgIpc) is 2.31. The SMILES string of the molecule is CNC(=O)CN(C)CC(=O)Nc1ccccc1Br. The molecular weight excluding hydrogens is 298 g/mol. The number of hydrogen-bond acceptors (Lipinski definition) is 3. The van der Waals surface area contributed by atoms with Gasteiger partial charge in [0.15, 0.2) is 0 Å². The Balaban J connectivity index is 2.47. The zero-order valence-electron chi connectivity index (χ0n) is 10.4. The fourth-order valence-corrected chi connectivity index (χ4v) is 1.76. The third-order valence-electron chi connectivity index (χ3n) is 2.25. The number of anilines is 1. The molecule has 2 N–H and O–H groups in total. The van der Waals surface area contributed by atoms with Gasteiger partial charge in [-0.3, -0.25) is 14.5 Å². The zero-order valence-corrected chi connectivity index (χ0v) is 12.0. The highest BCUT2D eigenvalue weighted by molar-refractivity contribution is 9.10. The Morgan fingerprint density at radius 2 is 1.83 bits per heavy atom. The van der Waals surface area contributed by atoms with E-state index < -0.39 is 0 Å². The van der Waals surface area contributed by atoms with Gasteiger partial charge >= 0.3 is 0 Å². The number of amides is 2. The minimum Gasteiger partial charge on any atom is -0.358 e. The van der Waals surface area contributed by atoms with Crippen molar-refractivity contribution in [1.29, 1.82) is 0 Å². The molecule has 0 saturated carbocycles. The van der Waals surface area contributed by atoms with Crippen LogP contribution < -0.4 is 10.6 Å². The number of benzene rings is 1. The molecule has 0 aliphatic rings. The van der Waals surface area contributed by atoms with Gasteiger partial charge in [-0.1, -0.05) is 12.1 Å². The highest BCUT2D eigenvalue weighted by Gasteiger charge is 2.10. The van der Waals surface area contributed by atoms with Crippen molar-refractivity contribution in [2.45, 2.75) is 0 Å². The van der Waals surface area contributed by atoms with E-state index in [9.17, 15) is 9.59 Å². The summed E-state index contributed by atoms with van der Waals surface area (Å²) in [5, 5.41) is 5.28. The number of carbonyl (C=O) groups excluding carboxylic acids is 2. The minimum atomic E-state index is -0.159. The van der Waals surface area contributed by atoms with Crippen LogP contribution in [0.3, 0.4) is 0 Å². The molecule has 6 heteroatoms. The van der Waals surface area contributed by atoms with Gasteiger partial charge in [0, 0.05) is 11.5 Å². The normalized spacial score (nSPS) is 10.2. The zero-order chi connectivity index (χ0) is 13.5. The number of nitrogens with zero attached hydrogens (tertiary/aromatic N) is 1. The van der Waals surface area contributed by atoms with Crippen molar-refractivity contribution in [2.75, 3.05) is 32.5 Å². The highest BCUT2D eigenvalue weighted by Crippen LogP contribution is 2.20. The summed E-state index contributed by atoms with van der Waals surface area (Å²) in [7, 11) is 3.28. The van der Waals surface area contributed by atoms with Crippen molar-refractivity contribution in [3.8, 4) is 0 Å². The van der Waals surface area contributed by atoms with E-state index in [1.54, 1.807) is 25.1 Å². The van der Waals surface area contributed by atoms with Crippen LogP contribution in [0.5, 0.6) is 0 Å². The predicted molar refractivity (Wildman–Crippen MR) is 74.3 cm³/mol. The van der Waals surface area contributed by atoms with Gasteiger partial charge in [0.25, 0.3) is 0 Å². The Morgan fingerprint density at radius 3 is 2.44 bits per heavy atom. The molecular formula is C12H16BrN3O2. The fraction of sp³-hybridized carbons (Fsp3) is 0.333. The lowest BCUT2D eigenvalue weighted by molar-refractivity contribution is -0.122. The number of para-hydroxylation sites is 1. The molecule has 0 saturated heterocycles. The van der Waals surface area contributed by atoms with Crippen LogP contribution in [0.25, 0.3) is 0 Å². The van der Waals surface area contributed by atoms with Crippen LogP contribution in [0.15, 0.2) is 28.7 Å². The molecule has 1 rings (SSSR count). The van der Waals surface area contributed by atoms with Gasteiger partial charge in [0.05, 0.1) is 18.8 Å². The Morgan fingerprint density at radius 1 is 1.22 bits per heavy atom. The number of nitrogens with one attached hydrogen (secondary N) is 2. The van der Waals surface area contributed by atoms with E-state index in [0.717, 1.165) is 10.2 Å².